The minimum absolute atomic E-state index is 0.280. The van der Waals surface area contributed by atoms with Crippen LogP contribution in [0.4, 0.5) is 16.2 Å². The third-order valence-corrected chi connectivity index (χ3v) is 3.93. The molecule has 2 amide bonds. The Hall–Kier alpha value is -1.82. The van der Waals surface area contributed by atoms with Crippen LogP contribution in [-0.2, 0) is 0 Å². The maximum atomic E-state index is 12.1. The van der Waals surface area contributed by atoms with E-state index in [-0.39, 0.29) is 10.0 Å². The molecule has 0 unspecified atom stereocenters. The average molecular weight is 376 g/mol. The third kappa shape index (κ3) is 4.34. The van der Waals surface area contributed by atoms with Gasteiger partial charge >= 0.3 is 6.03 Å². The molecular weight excluding hydrogens is 363 g/mol. The van der Waals surface area contributed by atoms with E-state index in [1.54, 1.807) is 18.2 Å². The highest BCUT2D eigenvalue weighted by Gasteiger charge is 2.11. The summed E-state index contributed by atoms with van der Waals surface area (Å²) in [6.07, 6.45) is 0. The molecular formula is C15H13Cl3N2O3. The van der Waals surface area contributed by atoms with E-state index in [1.165, 1.54) is 26.4 Å². The Labute approximate surface area is 148 Å². The number of hydrogen-bond acceptors (Lipinski definition) is 3. The Morgan fingerprint density at radius 1 is 0.870 bits per heavy atom. The van der Waals surface area contributed by atoms with Gasteiger partial charge in [0, 0.05) is 11.8 Å². The summed E-state index contributed by atoms with van der Waals surface area (Å²) in [6, 6.07) is 7.43. The summed E-state index contributed by atoms with van der Waals surface area (Å²) in [4.78, 5) is 12.1. The molecule has 0 fully saturated rings. The summed E-state index contributed by atoms with van der Waals surface area (Å²) in [5.74, 6) is 1.06. The van der Waals surface area contributed by atoms with Crippen molar-refractivity contribution in [2.45, 2.75) is 0 Å². The number of carbonyl (C=O) groups excluding carboxylic acids is 1. The summed E-state index contributed by atoms with van der Waals surface area (Å²) in [7, 11) is 3.04. The van der Waals surface area contributed by atoms with E-state index < -0.39 is 6.03 Å². The van der Waals surface area contributed by atoms with Gasteiger partial charge in [-0.3, -0.25) is 0 Å². The molecule has 23 heavy (non-hydrogen) atoms. The van der Waals surface area contributed by atoms with Crippen LogP contribution in [0.15, 0.2) is 30.3 Å². The van der Waals surface area contributed by atoms with Crippen LogP contribution >= 0.6 is 34.8 Å². The zero-order chi connectivity index (χ0) is 17.0. The molecule has 0 saturated heterocycles. The zero-order valence-electron chi connectivity index (χ0n) is 12.2. The van der Waals surface area contributed by atoms with Crippen molar-refractivity contribution in [1.82, 2.24) is 0 Å². The molecule has 8 heteroatoms. The highest BCUT2D eigenvalue weighted by atomic mass is 35.5. The molecule has 2 rings (SSSR count). The average Bonchev–Trinajstić information content (AvgIpc) is 2.52. The van der Waals surface area contributed by atoms with Crippen molar-refractivity contribution in [3.63, 3.8) is 0 Å². The van der Waals surface area contributed by atoms with Gasteiger partial charge in [-0.25, -0.2) is 4.79 Å². The lowest BCUT2D eigenvalue weighted by Crippen LogP contribution is -2.19. The van der Waals surface area contributed by atoms with Crippen LogP contribution in [-0.4, -0.2) is 20.3 Å². The number of amides is 2. The Kier molecular flexibility index (Phi) is 5.82. The van der Waals surface area contributed by atoms with E-state index in [0.717, 1.165) is 0 Å². The van der Waals surface area contributed by atoms with Crippen LogP contribution in [0.3, 0.4) is 0 Å². The number of urea groups is 1. The lowest BCUT2D eigenvalue weighted by atomic mass is 10.2. The van der Waals surface area contributed by atoms with Gasteiger partial charge in [-0.05, 0) is 24.3 Å². The summed E-state index contributed by atoms with van der Waals surface area (Å²) in [6.45, 7) is 0. The van der Waals surface area contributed by atoms with Gasteiger partial charge in [0.1, 0.15) is 0 Å². The van der Waals surface area contributed by atoms with Crippen molar-refractivity contribution >= 4 is 52.2 Å². The second-order valence-corrected chi connectivity index (χ2v) is 5.62. The van der Waals surface area contributed by atoms with Crippen LogP contribution in [0.25, 0.3) is 0 Å². The molecule has 0 aliphatic carbocycles. The molecule has 122 valence electrons. The minimum Gasteiger partial charge on any atom is -0.493 e. The van der Waals surface area contributed by atoms with Gasteiger partial charge in [0.2, 0.25) is 0 Å². The van der Waals surface area contributed by atoms with Crippen molar-refractivity contribution in [3.05, 3.63) is 45.4 Å². The van der Waals surface area contributed by atoms with Gasteiger partial charge in [-0.1, -0.05) is 34.8 Å². The van der Waals surface area contributed by atoms with Crippen molar-refractivity contribution in [2.24, 2.45) is 0 Å². The van der Waals surface area contributed by atoms with Gasteiger partial charge in [-0.2, -0.15) is 0 Å². The summed E-state index contributed by atoms with van der Waals surface area (Å²) < 4.78 is 10.3. The number of rotatable bonds is 4. The van der Waals surface area contributed by atoms with E-state index in [2.05, 4.69) is 10.6 Å². The quantitative estimate of drug-likeness (QED) is 0.712. The molecule has 0 saturated carbocycles. The molecule has 0 bridgehead atoms. The maximum Gasteiger partial charge on any atom is 0.323 e. The van der Waals surface area contributed by atoms with E-state index in [9.17, 15) is 4.79 Å². The molecule has 0 heterocycles. The van der Waals surface area contributed by atoms with Crippen molar-refractivity contribution in [2.75, 3.05) is 24.9 Å². The molecule has 0 aliphatic rings. The summed E-state index contributed by atoms with van der Waals surface area (Å²) in [5, 5.41) is 6.13. The monoisotopic (exact) mass is 374 g/mol. The lowest BCUT2D eigenvalue weighted by Gasteiger charge is -2.12. The first-order valence-electron chi connectivity index (χ1n) is 6.39. The van der Waals surface area contributed by atoms with E-state index in [1.807, 2.05) is 0 Å². The predicted octanol–water partition coefficient (Wildman–Crippen LogP) is 5.31. The van der Waals surface area contributed by atoms with Gasteiger partial charge < -0.3 is 20.1 Å². The molecule has 0 aromatic heterocycles. The topological polar surface area (TPSA) is 59.6 Å². The number of hydrogen-bond donors (Lipinski definition) is 2. The van der Waals surface area contributed by atoms with Crippen LogP contribution in [0, 0.1) is 0 Å². The summed E-state index contributed by atoms with van der Waals surface area (Å²) in [5.41, 5.74) is 0.871. The van der Waals surface area contributed by atoms with Gasteiger partial charge in [0.15, 0.2) is 11.5 Å². The number of carbonyl (C=O) groups is 1. The Morgan fingerprint density at radius 2 is 1.52 bits per heavy atom. The first-order chi connectivity index (χ1) is 10.9. The van der Waals surface area contributed by atoms with Crippen LogP contribution in [0.1, 0.15) is 0 Å². The number of methoxy groups -OCH3 is 2. The smallest absolute Gasteiger partial charge is 0.323 e. The van der Waals surface area contributed by atoms with Crippen molar-refractivity contribution in [3.8, 4) is 11.5 Å². The number of benzene rings is 2. The Balaban J connectivity index is 2.12. The number of anilines is 2. The number of nitrogens with one attached hydrogen (secondary N) is 2. The molecule has 0 aliphatic heterocycles. The third-order valence-electron chi connectivity index (χ3n) is 2.90. The molecule has 5 nitrogen and oxygen atoms in total. The van der Waals surface area contributed by atoms with Crippen LogP contribution < -0.4 is 20.1 Å². The lowest BCUT2D eigenvalue weighted by molar-refractivity contribution is 0.262. The Morgan fingerprint density at radius 3 is 2.17 bits per heavy atom. The fraction of sp³-hybridized carbons (Fsp3) is 0.133. The number of halogens is 3. The minimum atomic E-state index is -0.488. The second-order valence-electron chi connectivity index (χ2n) is 4.40. The van der Waals surface area contributed by atoms with E-state index >= 15 is 0 Å². The second kappa shape index (κ2) is 7.64. The molecule has 2 N–H and O–H groups in total. The first kappa shape index (κ1) is 17.5. The van der Waals surface area contributed by atoms with Gasteiger partial charge in [0.25, 0.3) is 0 Å². The summed E-state index contributed by atoms with van der Waals surface area (Å²) >= 11 is 17.8. The molecule has 0 spiro atoms. The maximum absolute atomic E-state index is 12.1. The SMILES string of the molecule is COc1ccc(NC(=O)Nc2cc(Cl)c(Cl)cc2Cl)cc1OC. The predicted molar refractivity (Wildman–Crippen MR) is 93.7 cm³/mol. The molecule has 2 aromatic rings. The first-order valence-corrected chi connectivity index (χ1v) is 7.52. The van der Waals surface area contributed by atoms with E-state index in [4.69, 9.17) is 44.3 Å². The largest absolute Gasteiger partial charge is 0.493 e. The normalized spacial score (nSPS) is 10.1. The van der Waals surface area contributed by atoms with Crippen LogP contribution in [0.2, 0.25) is 15.1 Å². The van der Waals surface area contributed by atoms with Crippen molar-refractivity contribution < 1.29 is 14.3 Å². The number of ether oxygens (including phenoxy) is 2. The fourth-order valence-electron chi connectivity index (χ4n) is 1.82. The fourth-order valence-corrected chi connectivity index (χ4v) is 2.41. The highest BCUT2D eigenvalue weighted by molar-refractivity contribution is 6.44. The standard InChI is InChI=1S/C15H13Cl3N2O3/c1-22-13-4-3-8(5-14(13)23-2)19-15(21)20-12-7-10(17)9(16)6-11(12)18/h3-7H,1-2H3,(H2,19,20,21). The Bertz CT molecular complexity index is 738. The van der Waals surface area contributed by atoms with Gasteiger partial charge in [0.05, 0.1) is 35.0 Å². The molecule has 2 aromatic carbocycles. The highest BCUT2D eigenvalue weighted by Crippen LogP contribution is 2.33. The molecule has 0 atom stereocenters. The molecule has 0 radical (unpaired) electrons. The zero-order valence-corrected chi connectivity index (χ0v) is 14.5. The van der Waals surface area contributed by atoms with Crippen molar-refractivity contribution in [1.29, 1.82) is 0 Å². The van der Waals surface area contributed by atoms with Gasteiger partial charge in [-0.15, -0.1) is 0 Å². The van der Waals surface area contributed by atoms with Crippen LogP contribution in [0.5, 0.6) is 11.5 Å². The van der Waals surface area contributed by atoms with E-state index in [0.29, 0.717) is 27.9 Å².